The van der Waals surface area contributed by atoms with Crippen LogP contribution in [0.3, 0.4) is 0 Å². The van der Waals surface area contributed by atoms with E-state index in [9.17, 15) is 0 Å². The largest absolute Gasteiger partial charge is 0.385 e. The molecule has 132 valence electrons. The van der Waals surface area contributed by atoms with E-state index in [1.807, 2.05) is 54.8 Å². The minimum Gasteiger partial charge on any atom is -0.385 e. The van der Waals surface area contributed by atoms with Gasteiger partial charge in [0.25, 0.3) is 0 Å². The summed E-state index contributed by atoms with van der Waals surface area (Å²) >= 11 is 0. The lowest BCUT2D eigenvalue weighted by Crippen LogP contribution is -2.22. The van der Waals surface area contributed by atoms with Crippen molar-refractivity contribution in [1.82, 2.24) is 5.32 Å². The fraction of sp³-hybridized carbons (Fsp3) is 0.167. The van der Waals surface area contributed by atoms with E-state index in [2.05, 4.69) is 53.6 Å². The summed E-state index contributed by atoms with van der Waals surface area (Å²) in [4.78, 5) is 0. The van der Waals surface area contributed by atoms with Gasteiger partial charge < -0.3 is 10.6 Å². The number of hydrogen-bond acceptors (Lipinski definition) is 2. The molecule has 3 rings (SSSR count). The van der Waals surface area contributed by atoms with Gasteiger partial charge in [-0.25, -0.2) is 0 Å². The van der Waals surface area contributed by atoms with Crippen LogP contribution in [-0.4, -0.2) is 6.04 Å². The molecule has 0 saturated carbocycles. The second-order valence-electron chi connectivity index (χ2n) is 6.41. The van der Waals surface area contributed by atoms with E-state index in [1.54, 1.807) is 0 Å². The minimum absolute atomic E-state index is 0.465. The van der Waals surface area contributed by atoms with Crippen LogP contribution in [-0.2, 0) is 0 Å². The molecule has 0 aliphatic heterocycles. The van der Waals surface area contributed by atoms with Gasteiger partial charge in [0.1, 0.15) is 0 Å². The minimum atomic E-state index is 0.465. The third kappa shape index (κ3) is 5.25. The first kappa shape index (κ1) is 17.8. The second kappa shape index (κ2) is 9.47. The van der Waals surface area contributed by atoms with Crippen molar-refractivity contribution in [2.45, 2.75) is 25.3 Å². The number of nitrogens with one attached hydrogen (secondary N) is 2. The quantitative estimate of drug-likeness (QED) is 0.461. The van der Waals surface area contributed by atoms with E-state index in [1.165, 1.54) is 19.3 Å². The monoisotopic (exact) mass is 342 g/mol. The first-order valence-electron chi connectivity index (χ1n) is 9.19. The van der Waals surface area contributed by atoms with Crippen LogP contribution in [0.1, 0.15) is 24.8 Å². The average Bonchev–Trinajstić information content (AvgIpc) is 2.69. The molecule has 0 fully saturated rings. The Morgan fingerprint density at radius 3 is 2.62 bits per heavy atom. The molecule has 0 saturated heterocycles. The van der Waals surface area contributed by atoms with Crippen molar-refractivity contribution < 1.29 is 0 Å². The highest BCUT2D eigenvalue weighted by atomic mass is 14.9. The summed E-state index contributed by atoms with van der Waals surface area (Å²) in [6.45, 7) is 4.22. The Bertz CT molecular complexity index is 800. The van der Waals surface area contributed by atoms with Crippen LogP contribution in [0.15, 0.2) is 97.8 Å². The van der Waals surface area contributed by atoms with Crippen molar-refractivity contribution in [3.63, 3.8) is 0 Å². The predicted molar refractivity (Wildman–Crippen MR) is 113 cm³/mol. The molecule has 1 aliphatic rings. The van der Waals surface area contributed by atoms with Crippen LogP contribution in [0.25, 0.3) is 5.57 Å². The van der Waals surface area contributed by atoms with Crippen LogP contribution >= 0.6 is 0 Å². The molecule has 0 bridgehead atoms. The van der Waals surface area contributed by atoms with E-state index in [0.717, 1.165) is 22.5 Å². The molecule has 2 aromatic carbocycles. The number of anilines is 2. The Hall–Kier alpha value is -3.00. The van der Waals surface area contributed by atoms with Crippen molar-refractivity contribution in [2.75, 3.05) is 5.32 Å². The van der Waals surface area contributed by atoms with Gasteiger partial charge >= 0.3 is 0 Å². The van der Waals surface area contributed by atoms with Gasteiger partial charge in [0.2, 0.25) is 0 Å². The van der Waals surface area contributed by atoms with Crippen molar-refractivity contribution in [1.29, 1.82) is 0 Å². The van der Waals surface area contributed by atoms with Gasteiger partial charge in [-0.3, -0.25) is 0 Å². The highest BCUT2D eigenvalue weighted by Crippen LogP contribution is 2.26. The Morgan fingerprint density at radius 1 is 1.00 bits per heavy atom. The Morgan fingerprint density at radius 2 is 1.81 bits per heavy atom. The maximum atomic E-state index is 4.22. The van der Waals surface area contributed by atoms with Gasteiger partial charge in [0.15, 0.2) is 0 Å². The summed E-state index contributed by atoms with van der Waals surface area (Å²) in [5.74, 6) is 0. The van der Waals surface area contributed by atoms with Crippen LogP contribution < -0.4 is 10.6 Å². The van der Waals surface area contributed by atoms with Gasteiger partial charge in [0.05, 0.1) is 0 Å². The summed E-state index contributed by atoms with van der Waals surface area (Å²) in [5, 5.41) is 6.88. The van der Waals surface area contributed by atoms with Gasteiger partial charge in [0, 0.05) is 23.0 Å². The van der Waals surface area contributed by atoms with E-state index in [-0.39, 0.29) is 0 Å². The molecule has 0 aromatic heterocycles. The molecule has 1 aliphatic carbocycles. The van der Waals surface area contributed by atoms with Crippen molar-refractivity contribution in [3.8, 4) is 0 Å². The maximum absolute atomic E-state index is 4.22. The first-order valence-corrected chi connectivity index (χ1v) is 9.19. The summed E-state index contributed by atoms with van der Waals surface area (Å²) < 4.78 is 0. The summed E-state index contributed by atoms with van der Waals surface area (Å²) in [7, 11) is 0. The lowest BCUT2D eigenvalue weighted by atomic mass is 10.0. The fourth-order valence-corrected chi connectivity index (χ4v) is 3.00. The standard InChI is InChI=1S/C24H26N2/c1-20(12-10-11-19-25-21-13-4-2-5-14-21)23-17-8-9-18-24(23)26-22-15-6-3-7-16-22/h3-4,6-13,15-19,21,25-26H,1-2,5,14H2/b12-10-,19-11-. The normalized spacial score (nSPS) is 16.8. The molecular formula is C24H26N2. The van der Waals surface area contributed by atoms with Gasteiger partial charge in [-0.05, 0) is 55.3 Å². The molecule has 2 heteroatoms. The Labute approximate surface area is 156 Å². The van der Waals surface area contributed by atoms with Crippen LogP contribution in [0.5, 0.6) is 0 Å². The number of benzene rings is 2. The zero-order valence-electron chi connectivity index (χ0n) is 15.1. The zero-order valence-corrected chi connectivity index (χ0v) is 15.1. The number of rotatable bonds is 7. The number of para-hydroxylation sites is 2. The van der Waals surface area contributed by atoms with Crippen molar-refractivity contribution in [3.05, 3.63) is 103 Å². The van der Waals surface area contributed by atoms with Crippen LogP contribution in [0, 0.1) is 0 Å². The molecular weight excluding hydrogens is 316 g/mol. The third-order valence-electron chi connectivity index (χ3n) is 4.40. The SMILES string of the molecule is C=C(/C=C\C=C/NC1C=CCCC1)c1ccccc1Nc1ccccc1. The van der Waals surface area contributed by atoms with E-state index >= 15 is 0 Å². The van der Waals surface area contributed by atoms with E-state index in [0.29, 0.717) is 6.04 Å². The van der Waals surface area contributed by atoms with Crippen molar-refractivity contribution in [2.24, 2.45) is 0 Å². The number of allylic oxidation sites excluding steroid dienone is 5. The topological polar surface area (TPSA) is 24.1 Å². The lowest BCUT2D eigenvalue weighted by molar-refractivity contribution is 0.585. The van der Waals surface area contributed by atoms with Gasteiger partial charge in [-0.1, -0.05) is 67.3 Å². The van der Waals surface area contributed by atoms with Gasteiger partial charge in [-0.15, -0.1) is 0 Å². The zero-order chi connectivity index (χ0) is 18.0. The molecule has 0 amide bonds. The summed E-state index contributed by atoms with van der Waals surface area (Å²) in [5.41, 5.74) is 4.21. The van der Waals surface area contributed by atoms with Gasteiger partial charge in [-0.2, -0.15) is 0 Å². The van der Waals surface area contributed by atoms with Crippen LogP contribution in [0.4, 0.5) is 11.4 Å². The second-order valence-corrected chi connectivity index (χ2v) is 6.41. The molecule has 0 heterocycles. The average molecular weight is 342 g/mol. The Balaban J connectivity index is 1.60. The molecule has 2 N–H and O–H groups in total. The van der Waals surface area contributed by atoms with Crippen molar-refractivity contribution >= 4 is 16.9 Å². The van der Waals surface area contributed by atoms with Crippen LogP contribution in [0.2, 0.25) is 0 Å². The third-order valence-corrected chi connectivity index (χ3v) is 4.40. The van der Waals surface area contributed by atoms with E-state index in [4.69, 9.17) is 0 Å². The highest BCUT2D eigenvalue weighted by molar-refractivity contribution is 5.82. The Kier molecular flexibility index (Phi) is 6.49. The molecule has 0 radical (unpaired) electrons. The fourth-order valence-electron chi connectivity index (χ4n) is 3.00. The van der Waals surface area contributed by atoms with E-state index < -0.39 is 0 Å². The lowest BCUT2D eigenvalue weighted by Gasteiger charge is -2.15. The maximum Gasteiger partial charge on any atom is 0.0463 e. The molecule has 1 atom stereocenters. The first-order chi connectivity index (χ1) is 12.8. The predicted octanol–water partition coefficient (Wildman–Crippen LogP) is 6.21. The molecule has 2 aromatic rings. The molecule has 26 heavy (non-hydrogen) atoms. The molecule has 1 unspecified atom stereocenters. The summed E-state index contributed by atoms with van der Waals surface area (Å²) in [6.07, 6.45) is 16.3. The molecule has 2 nitrogen and oxygen atoms in total. The number of hydrogen-bond donors (Lipinski definition) is 2. The highest BCUT2D eigenvalue weighted by Gasteiger charge is 2.05. The molecule has 0 spiro atoms. The smallest absolute Gasteiger partial charge is 0.0463 e. The summed E-state index contributed by atoms with van der Waals surface area (Å²) in [6, 6.07) is 18.9.